The first-order valence-corrected chi connectivity index (χ1v) is 10.4. The van der Waals surface area contributed by atoms with Gasteiger partial charge in [-0.15, -0.1) is 11.3 Å². The van der Waals surface area contributed by atoms with Gasteiger partial charge in [-0.05, 0) is 42.5 Å². The molecular weight excluding hydrogens is 392 g/mol. The Bertz CT molecular complexity index is 1030. The minimum atomic E-state index is -0.234. The van der Waals surface area contributed by atoms with E-state index in [0.29, 0.717) is 21.3 Å². The fourth-order valence-corrected chi connectivity index (χ4v) is 4.92. The van der Waals surface area contributed by atoms with Gasteiger partial charge in [-0.3, -0.25) is 9.59 Å². The molecule has 2 amide bonds. The van der Waals surface area contributed by atoms with Crippen molar-refractivity contribution in [3.8, 4) is 0 Å². The van der Waals surface area contributed by atoms with E-state index in [0.717, 1.165) is 30.4 Å². The molecule has 0 bridgehead atoms. The van der Waals surface area contributed by atoms with E-state index >= 15 is 0 Å². The van der Waals surface area contributed by atoms with Crippen LogP contribution in [-0.2, 0) is 24.1 Å². The number of rotatable bonds is 5. The van der Waals surface area contributed by atoms with Crippen molar-refractivity contribution in [2.45, 2.75) is 25.7 Å². The smallest absolute Gasteiger partial charge is 0.258 e. The Morgan fingerprint density at radius 1 is 0.964 bits per heavy atom. The van der Waals surface area contributed by atoms with Crippen molar-refractivity contribution in [1.82, 2.24) is 0 Å². The topological polar surface area (TPSA) is 58.2 Å². The van der Waals surface area contributed by atoms with Gasteiger partial charge in [0.1, 0.15) is 5.00 Å². The lowest BCUT2D eigenvalue weighted by atomic mass is 10.1. The van der Waals surface area contributed by atoms with Gasteiger partial charge in [0, 0.05) is 4.88 Å². The monoisotopic (exact) mass is 410 g/mol. The van der Waals surface area contributed by atoms with E-state index in [1.54, 1.807) is 12.1 Å². The third-order valence-electron chi connectivity index (χ3n) is 4.73. The molecule has 0 saturated carbocycles. The predicted octanol–water partition coefficient (Wildman–Crippen LogP) is 5.32. The number of thiophene rings is 1. The molecule has 0 aliphatic heterocycles. The van der Waals surface area contributed by atoms with Crippen molar-refractivity contribution in [1.29, 1.82) is 0 Å². The number of benzene rings is 2. The first-order valence-electron chi connectivity index (χ1n) is 9.16. The van der Waals surface area contributed by atoms with E-state index in [9.17, 15) is 9.59 Å². The van der Waals surface area contributed by atoms with Crippen molar-refractivity contribution in [3.05, 3.63) is 81.2 Å². The number of carbonyl (C=O) groups is 2. The van der Waals surface area contributed by atoms with Gasteiger partial charge in [-0.25, -0.2) is 0 Å². The Morgan fingerprint density at radius 3 is 2.50 bits per heavy atom. The molecular formula is C22H19ClN2O2S. The van der Waals surface area contributed by atoms with Crippen LogP contribution in [0.4, 0.5) is 10.7 Å². The quantitative estimate of drug-likeness (QED) is 0.597. The molecule has 4 nitrogen and oxygen atoms in total. The van der Waals surface area contributed by atoms with Gasteiger partial charge in [-0.1, -0.05) is 54.1 Å². The number of fused-ring (bicyclic) bond motifs is 1. The molecule has 142 valence electrons. The predicted molar refractivity (Wildman–Crippen MR) is 115 cm³/mol. The minimum absolute atomic E-state index is 0.127. The molecule has 0 radical (unpaired) electrons. The lowest BCUT2D eigenvalue weighted by Gasteiger charge is -2.10. The number of hydrogen-bond acceptors (Lipinski definition) is 3. The molecule has 1 aliphatic carbocycles. The van der Waals surface area contributed by atoms with Gasteiger partial charge in [0.25, 0.3) is 5.91 Å². The summed E-state index contributed by atoms with van der Waals surface area (Å²) < 4.78 is 0. The highest BCUT2D eigenvalue weighted by molar-refractivity contribution is 7.17. The van der Waals surface area contributed by atoms with E-state index in [-0.39, 0.29) is 18.2 Å². The largest absolute Gasteiger partial charge is 0.321 e. The van der Waals surface area contributed by atoms with Gasteiger partial charge in [0.05, 0.1) is 22.7 Å². The number of carbonyl (C=O) groups excluding carboxylic acids is 2. The SMILES string of the molecule is O=C(Cc1ccccc1)Nc1sc2c(c1C(=O)Nc1ccccc1Cl)CCC2. The van der Waals surface area contributed by atoms with Crippen LogP contribution in [0.5, 0.6) is 0 Å². The molecule has 28 heavy (non-hydrogen) atoms. The molecule has 1 aliphatic rings. The van der Waals surface area contributed by atoms with E-state index in [1.165, 1.54) is 16.2 Å². The van der Waals surface area contributed by atoms with Gasteiger partial charge in [0.15, 0.2) is 0 Å². The highest BCUT2D eigenvalue weighted by Gasteiger charge is 2.27. The maximum absolute atomic E-state index is 13.0. The van der Waals surface area contributed by atoms with Crippen LogP contribution in [0.15, 0.2) is 54.6 Å². The third kappa shape index (κ3) is 3.96. The number of halogens is 1. The lowest BCUT2D eigenvalue weighted by Crippen LogP contribution is -2.19. The molecule has 1 aromatic heterocycles. The molecule has 4 rings (SSSR count). The van der Waals surface area contributed by atoms with E-state index in [4.69, 9.17) is 11.6 Å². The molecule has 0 unspecified atom stereocenters. The zero-order chi connectivity index (χ0) is 19.5. The summed E-state index contributed by atoms with van der Waals surface area (Å²) in [6, 6.07) is 16.7. The van der Waals surface area contributed by atoms with Crippen molar-refractivity contribution < 1.29 is 9.59 Å². The zero-order valence-corrected chi connectivity index (χ0v) is 16.7. The highest BCUT2D eigenvalue weighted by atomic mass is 35.5. The maximum atomic E-state index is 13.0. The van der Waals surface area contributed by atoms with Crippen LogP contribution in [0.3, 0.4) is 0 Å². The number of para-hydroxylation sites is 1. The molecule has 1 heterocycles. The van der Waals surface area contributed by atoms with Crippen molar-refractivity contribution in [2.75, 3.05) is 10.6 Å². The first kappa shape index (κ1) is 18.7. The number of amides is 2. The van der Waals surface area contributed by atoms with Crippen molar-refractivity contribution >= 4 is 45.4 Å². The Labute approximate surface area is 172 Å². The summed E-state index contributed by atoms with van der Waals surface area (Å²) >= 11 is 7.68. The normalized spacial score (nSPS) is 12.5. The second-order valence-electron chi connectivity index (χ2n) is 6.71. The minimum Gasteiger partial charge on any atom is -0.321 e. The second kappa shape index (κ2) is 8.17. The molecule has 0 atom stereocenters. The zero-order valence-electron chi connectivity index (χ0n) is 15.1. The summed E-state index contributed by atoms with van der Waals surface area (Å²) in [6.07, 6.45) is 3.10. The molecule has 0 spiro atoms. The summed E-state index contributed by atoms with van der Waals surface area (Å²) in [4.78, 5) is 26.8. The van der Waals surface area contributed by atoms with Crippen LogP contribution in [0.25, 0.3) is 0 Å². The van der Waals surface area contributed by atoms with Gasteiger partial charge in [-0.2, -0.15) is 0 Å². The average Bonchev–Trinajstić information content (AvgIpc) is 3.25. The van der Waals surface area contributed by atoms with Crippen LogP contribution in [0.1, 0.15) is 32.8 Å². The fourth-order valence-electron chi connectivity index (χ4n) is 3.43. The third-order valence-corrected chi connectivity index (χ3v) is 6.27. The lowest BCUT2D eigenvalue weighted by molar-refractivity contribution is -0.115. The number of anilines is 2. The number of nitrogens with one attached hydrogen (secondary N) is 2. The Morgan fingerprint density at radius 2 is 1.71 bits per heavy atom. The van der Waals surface area contributed by atoms with Gasteiger partial charge in [0.2, 0.25) is 5.91 Å². The summed E-state index contributed by atoms with van der Waals surface area (Å²) in [5.74, 6) is -0.361. The maximum Gasteiger partial charge on any atom is 0.258 e. The van der Waals surface area contributed by atoms with Crippen molar-refractivity contribution in [3.63, 3.8) is 0 Å². The molecule has 6 heteroatoms. The Balaban J connectivity index is 1.57. The Hall–Kier alpha value is -2.63. The molecule has 2 N–H and O–H groups in total. The molecule has 3 aromatic rings. The van der Waals surface area contributed by atoms with Crippen molar-refractivity contribution in [2.24, 2.45) is 0 Å². The van der Waals surface area contributed by atoms with E-state index in [1.807, 2.05) is 42.5 Å². The summed E-state index contributed by atoms with van der Waals surface area (Å²) in [5, 5.41) is 6.95. The number of hydrogen-bond donors (Lipinski definition) is 2. The van der Waals surface area contributed by atoms with Crippen LogP contribution in [-0.4, -0.2) is 11.8 Å². The highest BCUT2D eigenvalue weighted by Crippen LogP contribution is 2.39. The van der Waals surface area contributed by atoms with E-state index < -0.39 is 0 Å². The number of aryl methyl sites for hydroxylation is 1. The standard InChI is InChI=1S/C22H19ClN2O2S/c23-16-10-4-5-11-17(16)24-21(27)20-15-9-6-12-18(15)28-22(20)25-19(26)13-14-7-2-1-3-8-14/h1-5,7-8,10-11H,6,9,12-13H2,(H,24,27)(H,25,26). The second-order valence-corrected chi connectivity index (χ2v) is 8.22. The van der Waals surface area contributed by atoms with Crippen LogP contribution in [0, 0.1) is 0 Å². The summed E-state index contributed by atoms with van der Waals surface area (Å²) in [5.41, 5.74) is 3.11. The van der Waals surface area contributed by atoms with Gasteiger partial charge >= 0.3 is 0 Å². The molecule has 0 fully saturated rings. The first-order chi connectivity index (χ1) is 13.6. The van der Waals surface area contributed by atoms with Crippen LogP contribution in [0.2, 0.25) is 5.02 Å². The van der Waals surface area contributed by atoms with Crippen LogP contribution >= 0.6 is 22.9 Å². The summed E-state index contributed by atoms with van der Waals surface area (Å²) in [7, 11) is 0. The fraction of sp³-hybridized carbons (Fsp3) is 0.182. The van der Waals surface area contributed by atoms with Gasteiger partial charge < -0.3 is 10.6 Å². The molecule has 0 saturated heterocycles. The average molecular weight is 411 g/mol. The molecule has 2 aromatic carbocycles. The van der Waals surface area contributed by atoms with Crippen LogP contribution < -0.4 is 10.6 Å². The summed E-state index contributed by atoms with van der Waals surface area (Å²) in [6.45, 7) is 0. The Kier molecular flexibility index (Phi) is 5.46. The van der Waals surface area contributed by atoms with E-state index in [2.05, 4.69) is 10.6 Å².